The summed E-state index contributed by atoms with van der Waals surface area (Å²) >= 11 is 5.88. The number of carbonyl (C=O) groups is 1. The number of hydrogen-bond donors (Lipinski definition) is 1. The topological polar surface area (TPSA) is 46.5 Å². The van der Waals surface area contributed by atoms with Gasteiger partial charge in [-0.3, -0.25) is 4.79 Å². The van der Waals surface area contributed by atoms with E-state index in [0.717, 1.165) is 5.56 Å². The van der Waals surface area contributed by atoms with Crippen LogP contribution in [0.2, 0.25) is 5.02 Å². The molecule has 0 spiro atoms. The number of halogens is 1. The van der Waals surface area contributed by atoms with Gasteiger partial charge in [-0.1, -0.05) is 11.6 Å². The minimum absolute atomic E-state index is 0.0738. The second-order valence-corrected chi connectivity index (χ2v) is 3.33. The van der Waals surface area contributed by atoms with Gasteiger partial charge >= 0.3 is 5.97 Å². The van der Waals surface area contributed by atoms with Crippen molar-refractivity contribution in [3.63, 3.8) is 0 Å². The Morgan fingerprint density at radius 3 is 2.71 bits per heavy atom. The van der Waals surface area contributed by atoms with E-state index in [0.29, 0.717) is 16.3 Å². The summed E-state index contributed by atoms with van der Waals surface area (Å²) in [5.74, 6) is -0.331. The molecule has 0 fully saturated rings. The van der Waals surface area contributed by atoms with E-state index < -0.39 is 5.97 Å². The highest BCUT2D eigenvalue weighted by atomic mass is 35.5. The molecule has 0 unspecified atom stereocenters. The lowest BCUT2D eigenvalue weighted by Gasteiger charge is -2.10. The van der Waals surface area contributed by atoms with Crippen molar-refractivity contribution < 1.29 is 14.6 Å². The Morgan fingerprint density at radius 2 is 2.21 bits per heavy atom. The number of carboxylic acid groups (broad SMARTS) is 1. The average molecular weight is 215 g/mol. The van der Waals surface area contributed by atoms with E-state index in [1.807, 2.05) is 0 Å². The summed E-state index contributed by atoms with van der Waals surface area (Å²) in [4.78, 5) is 10.6. The predicted molar refractivity (Wildman–Crippen MR) is 54.1 cm³/mol. The summed E-state index contributed by atoms with van der Waals surface area (Å²) in [6.45, 7) is 1.78. The minimum atomic E-state index is -0.895. The number of hydrogen-bond acceptors (Lipinski definition) is 2. The largest absolute Gasteiger partial charge is 0.496 e. The van der Waals surface area contributed by atoms with Crippen molar-refractivity contribution in [3.8, 4) is 5.75 Å². The van der Waals surface area contributed by atoms with Crippen molar-refractivity contribution in [2.45, 2.75) is 13.3 Å². The van der Waals surface area contributed by atoms with E-state index in [1.54, 1.807) is 19.1 Å². The van der Waals surface area contributed by atoms with Gasteiger partial charge in [0.1, 0.15) is 5.75 Å². The Kier molecular flexibility index (Phi) is 3.36. The molecule has 0 atom stereocenters. The maximum Gasteiger partial charge on any atom is 0.307 e. The van der Waals surface area contributed by atoms with Crippen molar-refractivity contribution in [1.82, 2.24) is 0 Å². The van der Waals surface area contributed by atoms with Crippen molar-refractivity contribution in [1.29, 1.82) is 0 Å². The maximum absolute atomic E-state index is 10.6. The lowest BCUT2D eigenvalue weighted by atomic mass is 10.0. The lowest BCUT2D eigenvalue weighted by molar-refractivity contribution is -0.136. The number of rotatable bonds is 3. The molecule has 0 radical (unpaired) electrons. The molecule has 1 rings (SSSR count). The molecule has 0 saturated heterocycles. The second-order valence-electron chi connectivity index (χ2n) is 2.92. The van der Waals surface area contributed by atoms with Gasteiger partial charge in [-0.25, -0.2) is 0 Å². The first-order valence-electron chi connectivity index (χ1n) is 4.10. The molecule has 0 amide bonds. The molecule has 3 nitrogen and oxygen atoms in total. The first-order valence-corrected chi connectivity index (χ1v) is 4.47. The van der Waals surface area contributed by atoms with Gasteiger partial charge in [0.15, 0.2) is 0 Å². The van der Waals surface area contributed by atoms with Crippen LogP contribution >= 0.6 is 11.6 Å². The van der Waals surface area contributed by atoms with Gasteiger partial charge in [-0.05, 0) is 24.6 Å². The van der Waals surface area contributed by atoms with Gasteiger partial charge in [0.2, 0.25) is 0 Å². The van der Waals surface area contributed by atoms with Crippen molar-refractivity contribution in [3.05, 3.63) is 28.3 Å². The first-order chi connectivity index (χ1) is 6.56. The van der Waals surface area contributed by atoms with Crippen LogP contribution in [0.15, 0.2) is 12.1 Å². The summed E-state index contributed by atoms with van der Waals surface area (Å²) in [6, 6.07) is 3.37. The Bertz CT molecular complexity index is 361. The Balaban J connectivity index is 3.20. The molecular weight excluding hydrogens is 204 g/mol. The van der Waals surface area contributed by atoms with Crippen molar-refractivity contribution in [2.24, 2.45) is 0 Å². The van der Waals surface area contributed by atoms with Gasteiger partial charge in [-0.2, -0.15) is 0 Å². The molecule has 0 aliphatic carbocycles. The molecule has 0 saturated carbocycles. The quantitative estimate of drug-likeness (QED) is 0.840. The average Bonchev–Trinajstić information content (AvgIpc) is 2.13. The zero-order chi connectivity index (χ0) is 10.7. The summed E-state index contributed by atoms with van der Waals surface area (Å²) in [5, 5.41) is 9.26. The van der Waals surface area contributed by atoms with Crippen molar-refractivity contribution in [2.75, 3.05) is 7.11 Å². The fraction of sp³-hybridized carbons (Fsp3) is 0.300. The highest BCUT2D eigenvalue weighted by molar-refractivity contribution is 6.31. The molecule has 1 aromatic rings. The third kappa shape index (κ3) is 2.17. The van der Waals surface area contributed by atoms with E-state index in [2.05, 4.69) is 0 Å². The summed E-state index contributed by atoms with van der Waals surface area (Å²) < 4.78 is 5.06. The summed E-state index contributed by atoms with van der Waals surface area (Å²) in [7, 11) is 1.51. The van der Waals surface area contributed by atoms with Crippen LogP contribution in [0.1, 0.15) is 11.1 Å². The van der Waals surface area contributed by atoms with Crippen LogP contribution in [0.25, 0.3) is 0 Å². The van der Waals surface area contributed by atoms with Gasteiger partial charge in [-0.15, -0.1) is 0 Å². The summed E-state index contributed by atoms with van der Waals surface area (Å²) in [6.07, 6.45) is -0.0738. The van der Waals surface area contributed by atoms with E-state index >= 15 is 0 Å². The molecule has 0 bridgehead atoms. The third-order valence-electron chi connectivity index (χ3n) is 2.04. The molecule has 76 valence electrons. The monoisotopic (exact) mass is 214 g/mol. The fourth-order valence-electron chi connectivity index (χ4n) is 1.27. The zero-order valence-electron chi connectivity index (χ0n) is 8.00. The number of benzene rings is 1. The molecular formula is C10H11ClO3. The van der Waals surface area contributed by atoms with Crippen LogP contribution in [0, 0.1) is 6.92 Å². The molecule has 1 N–H and O–H groups in total. The van der Waals surface area contributed by atoms with E-state index in [1.165, 1.54) is 7.11 Å². The van der Waals surface area contributed by atoms with E-state index in [9.17, 15) is 4.79 Å². The zero-order valence-corrected chi connectivity index (χ0v) is 8.76. The maximum atomic E-state index is 10.6. The van der Waals surface area contributed by atoms with E-state index in [4.69, 9.17) is 21.4 Å². The standard InChI is InChI=1S/C10H11ClO3/c1-6-7(5-10(12)13)9(14-2)4-3-8(6)11/h3-4H,5H2,1-2H3,(H,12,13). The van der Waals surface area contributed by atoms with Crippen LogP contribution in [0.4, 0.5) is 0 Å². The van der Waals surface area contributed by atoms with Gasteiger partial charge in [0.05, 0.1) is 13.5 Å². The number of ether oxygens (including phenoxy) is 1. The Labute approximate surface area is 87.3 Å². The highest BCUT2D eigenvalue weighted by Crippen LogP contribution is 2.28. The first kappa shape index (κ1) is 10.9. The van der Waals surface area contributed by atoms with Crippen LogP contribution in [0.5, 0.6) is 5.75 Å². The number of methoxy groups -OCH3 is 1. The summed E-state index contributed by atoms with van der Waals surface area (Å²) in [5.41, 5.74) is 1.39. The normalized spacial score (nSPS) is 9.93. The molecule has 0 aliphatic heterocycles. The minimum Gasteiger partial charge on any atom is -0.496 e. The van der Waals surface area contributed by atoms with Crippen LogP contribution in [-0.4, -0.2) is 18.2 Å². The molecule has 0 aromatic heterocycles. The van der Waals surface area contributed by atoms with Gasteiger partial charge < -0.3 is 9.84 Å². The van der Waals surface area contributed by atoms with Crippen molar-refractivity contribution >= 4 is 17.6 Å². The van der Waals surface area contributed by atoms with Gasteiger partial charge in [0, 0.05) is 10.6 Å². The van der Waals surface area contributed by atoms with Crippen LogP contribution in [-0.2, 0) is 11.2 Å². The molecule has 14 heavy (non-hydrogen) atoms. The predicted octanol–water partition coefficient (Wildman–Crippen LogP) is 2.28. The fourth-order valence-corrected chi connectivity index (χ4v) is 1.44. The third-order valence-corrected chi connectivity index (χ3v) is 2.45. The molecule has 0 heterocycles. The molecule has 1 aromatic carbocycles. The van der Waals surface area contributed by atoms with Gasteiger partial charge in [0.25, 0.3) is 0 Å². The number of carboxylic acids is 1. The molecule has 0 aliphatic rings. The Morgan fingerprint density at radius 1 is 1.57 bits per heavy atom. The van der Waals surface area contributed by atoms with Crippen LogP contribution in [0.3, 0.4) is 0 Å². The van der Waals surface area contributed by atoms with E-state index in [-0.39, 0.29) is 6.42 Å². The second kappa shape index (κ2) is 4.33. The SMILES string of the molecule is COc1ccc(Cl)c(C)c1CC(=O)O. The van der Waals surface area contributed by atoms with Crippen LogP contribution < -0.4 is 4.74 Å². The Hall–Kier alpha value is -1.22. The number of aliphatic carboxylic acids is 1. The highest BCUT2D eigenvalue weighted by Gasteiger charge is 2.12. The lowest BCUT2D eigenvalue weighted by Crippen LogP contribution is -2.04. The molecule has 4 heteroatoms. The smallest absolute Gasteiger partial charge is 0.307 e.